The molecule has 0 bridgehead atoms. The van der Waals surface area contributed by atoms with Crippen molar-refractivity contribution < 1.29 is 9.53 Å². The van der Waals surface area contributed by atoms with E-state index in [1.165, 1.54) is 5.56 Å². The minimum atomic E-state index is -0.165. The lowest BCUT2D eigenvalue weighted by molar-refractivity contribution is -0.118. The maximum absolute atomic E-state index is 12.7. The monoisotopic (exact) mass is 466 g/mol. The van der Waals surface area contributed by atoms with Crippen LogP contribution in [0.5, 0.6) is 5.75 Å². The molecule has 0 radical (unpaired) electrons. The summed E-state index contributed by atoms with van der Waals surface area (Å²) < 4.78 is 5.77. The van der Waals surface area contributed by atoms with E-state index in [1.54, 1.807) is 0 Å². The van der Waals surface area contributed by atoms with E-state index in [9.17, 15) is 4.79 Å². The maximum atomic E-state index is 12.7. The van der Waals surface area contributed by atoms with Crippen LogP contribution >= 0.6 is 0 Å². The van der Waals surface area contributed by atoms with Gasteiger partial charge in [-0.2, -0.15) is 0 Å². The van der Waals surface area contributed by atoms with Gasteiger partial charge in [-0.1, -0.05) is 42.5 Å². The molecule has 5 rings (SSSR count). The zero-order valence-corrected chi connectivity index (χ0v) is 19.8. The van der Waals surface area contributed by atoms with Gasteiger partial charge in [0.15, 0.2) is 6.61 Å². The van der Waals surface area contributed by atoms with Gasteiger partial charge in [0.25, 0.3) is 5.91 Å². The van der Waals surface area contributed by atoms with Crippen molar-refractivity contribution in [3.8, 4) is 5.75 Å². The Balaban J connectivity index is 1.14. The second kappa shape index (κ2) is 11.0. The van der Waals surface area contributed by atoms with E-state index in [-0.39, 0.29) is 12.5 Å². The number of nitrogens with zero attached hydrogens (tertiary/aromatic N) is 3. The highest BCUT2D eigenvalue weighted by molar-refractivity contribution is 5.95. The Morgan fingerprint density at radius 1 is 0.857 bits per heavy atom. The Hall–Kier alpha value is -3.90. The molecule has 0 spiro atoms. The van der Waals surface area contributed by atoms with Crippen LogP contribution in [0.2, 0.25) is 0 Å². The van der Waals surface area contributed by atoms with Gasteiger partial charge in [-0.05, 0) is 59.2 Å². The van der Waals surface area contributed by atoms with Crippen LogP contribution in [0.25, 0.3) is 10.8 Å². The number of carbonyl (C=O) groups excluding carboxylic acids is 1. The number of rotatable bonds is 8. The molecule has 4 aromatic rings. The van der Waals surface area contributed by atoms with E-state index in [1.807, 2.05) is 67.0 Å². The Morgan fingerprint density at radius 3 is 2.43 bits per heavy atom. The number of ether oxygens (including phenoxy) is 1. The Morgan fingerprint density at radius 2 is 1.60 bits per heavy atom. The SMILES string of the molecule is O=C(COc1ccc2ccccc2c1)Nc1ccccc1N1CCN(CCc2ccncc2)CC1. The quantitative estimate of drug-likeness (QED) is 0.411. The third-order valence-electron chi connectivity index (χ3n) is 6.45. The highest BCUT2D eigenvalue weighted by Crippen LogP contribution is 2.27. The molecule has 0 saturated carbocycles. The average Bonchev–Trinajstić information content (AvgIpc) is 2.92. The first kappa shape index (κ1) is 22.9. The van der Waals surface area contributed by atoms with Crippen LogP contribution in [0, 0.1) is 0 Å². The number of hydrogen-bond donors (Lipinski definition) is 1. The van der Waals surface area contributed by atoms with Crippen molar-refractivity contribution in [3.63, 3.8) is 0 Å². The second-order valence-electron chi connectivity index (χ2n) is 8.80. The molecule has 1 fully saturated rings. The molecule has 0 aliphatic carbocycles. The van der Waals surface area contributed by atoms with Crippen molar-refractivity contribution in [2.45, 2.75) is 6.42 Å². The van der Waals surface area contributed by atoms with Crippen LogP contribution in [0.4, 0.5) is 11.4 Å². The summed E-state index contributed by atoms with van der Waals surface area (Å²) in [5.74, 6) is 0.525. The molecule has 35 heavy (non-hydrogen) atoms. The van der Waals surface area contributed by atoms with E-state index < -0.39 is 0 Å². The first-order valence-corrected chi connectivity index (χ1v) is 12.1. The van der Waals surface area contributed by atoms with E-state index in [2.05, 4.69) is 44.4 Å². The third kappa shape index (κ3) is 5.97. The topological polar surface area (TPSA) is 57.7 Å². The molecule has 0 atom stereocenters. The Labute approximate surface area is 206 Å². The number of pyridine rings is 1. The van der Waals surface area contributed by atoms with Gasteiger partial charge in [-0.25, -0.2) is 0 Å². The van der Waals surface area contributed by atoms with E-state index in [0.29, 0.717) is 5.75 Å². The smallest absolute Gasteiger partial charge is 0.262 e. The third-order valence-corrected chi connectivity index (χ3v) is 6.45. The van der Waals surface area contributed by atoms with Crippen molar-refractivity contribution in [1.29, 1.82) is 0 Å². The van der Waals surface area contributed by atoms with Crippen molar-refractivity contribution in [3.05, 3.63) is 96.8 Å². The van der Waals surface area contributed by atoms with Crippen LogP contribution in [0.3, 0.4) is 0 Å². The van der Waals surface area contributed by atoms with Gasteiger partial charge in [-0.15, -0.1) is 0 Å². The summed E-state index contributed by atoms with van der Waals surface area (Å²) in [7, 11) is 0. The van der Waals surface area contributed by atoms with Gasteiger partial charge in [0.05, 0.1) is 11.4 Å². The number of nitrogens with one attached hydrogen (secondary N) is 1. The van der Waals surface area contributed by atoms with Gasteiger partial charge >= 0.3 is 0 Å². The van der Waals surface area contributed by atoms with Gasteiger partial charge in [0.1, 0.15) is 5.75 Å². The number of anilines is 2. The first-order chi connectivity index (χ1) is 17.2. The highest BCUT2D eigenvalue weighted by Gasteiger charge is 2.19. The van der Waals surface area contributed by atoms with Crippen LogP contribution in [-0.2, 0) is 11.2 Å². The summed E-state index contributed by atoms with van der Waals surface area (Å²) >= 11 is 0. The van der Waals surface area contributed by atoms with Crippen molar-refractivity contribution in [2.75, 3.05) is 49.5 Å². The standard InChI is InChI=1S/C29H30N4O2/c34-29(22-35-26-10-9-24-5-1-2-6-25(24)21-26)31-27-7-3-4-8-28(27)33-19-17-32(18-20-33)16-13-23-11-14-30-15-12-23/h1-12,14-15,21H,13,16-20,22H2,(H,31,34). The van der Waals surface area contributed by atoms with Crippen molar-refractivity contribution in [1.82, 2.24) is 9.88 Å². The Bertz CT molecular complexity index is 1270. The van der Waals surface area contributed by atoms with Gasteiger partial charge in [0, 0.05) is 45.1 Å². The number of amides is 1. The van der Waals surface area contributed by atoms with Crippen molar-refractivity contribution >= 4 is 28.1 Å². The zero-order chi connectivity index (χ0) is 23.9. The fourth-order valence-corrected chi connectivity index (χ4v) is 4.50. The molecule has 1 amide bonds. The molecule has 6 heteroatoms. The molecule has 178 valence electrons. The Kier molecular flexibility index (Phi) is 7.20. The fourth-order valence-electron chi connectivity index (χ4n) is 4.50. The van der Waals surface area contributed by atoms with E-state index in [4.69, 9.17) is 4.74 Å². The van der Waals surface area contributed by atoms with Gasteiger partial charge in [-0.3, -0.25) is 14.7 Å². The molecule has 6 nitrogen and oxygen atoms in total. The lowest BCUT2D eigenvalue weighted by Gasteiger charge is -2.37. The number of carbonyl (C=O) groups is 1. The number of hydrogen-bond acceptors (Lipinski definition) is 5. The molecular formula is C29H30N4O2. The molecule has 0 unspecified atom stereocenters. The average molecular weight is 467 g/mol. The van der Waals surface area contributed by atoms with Crippen LogP contribution in [0.15, 0.2) is 91.3 Å². The lowest BCUT2D eigenvalue weighted by atomic mass is 10.1. The molecule has 1 aromatic heterocycles. The summed E-state index contributed by atoms with van der Waals surface area (Å²) in [4.78, 5) is 21.6. The van der Waals surface area contributed by atoms with E-state index >= 15 is 0 Å². The van der Waals surface area contributed by atoms with Crippen LogP contribution in [0.1, 0.15) is 5.56 Å². The number of aromatic nitrogens is 1. The summed E-state index contributed by atoms with van der Waals surface area (Å²) in [6.45, 7) is 4.86. The lowest BCUT2D eigenvalue weighted by Crippen LogP contribution is -2.47. The summed E-state index contributed by atoms with van der Waals surface area (Å²) in [6.07, 6.45) is 4.74. The molecule has 1 N–H and O–H groups in total. The summed E-state index contributed by atoms with van der Waals surface area (Å²) in [5.41, 5.74) is 3.20. The molecule has 1 aliphatic rings. The van der Waals surface area contributed by atoms with Crippen molar-refractivity contribution in [2.24, 2.45) is 0 Å². The number of para-hydroxylation sites is 2. The van der Waals surface area contributed by atoms with Crippen LogP contribution in [-0.4, -0.2) is 55.1 Å². The largest absolute Gasteiger partial charge is 0.484 e. The normalized spacial score (nSPS) is 14.1. The predicted molar refractivity (Wildman–Crippen MR) is 141 cm³/mol. The van der Waals surface area contributed by atoms with E-state index in [0.717, 1.165) is 61.3 Å². The summed E-state index contributed by atoms with van der Waals surface area (Å²) in [6, 6.07) is 26.1. The molecule has 3 aromatic carbocycles. The van der Waals surface area contributed by atoms with Gasteiger partial charge in [0.2, 0.25) is 0 Å². The zero-order valence-electron chi connectivity index (χ0n) is 19.8. The van der Waals surface area contributed by atoms with Gasteiger partial charge < -0.3 is 15.0 Å². The maximum Gasteiger partial charge on any atom is 0.262 e. The first-order valence-electron chi connectivity index (χ1n) is 12.1. The number of benzene rings is 3. The predicted octanol–water partition coefficient (Wildman–Crippen LogP) is 4.62. The molecule has 2 heterocycles. The highest BCUT2D eigenvalue weighted by atomic mass is 16.5. The minimum absolute atomic E-state index is 0.0323. The minimum Gasteiger partial charge on any atom is -0.484 e. The molecular weight excluding hydrogens is 436 g/mol. The molecule has 1 aliphatic heterocycles. The number of piperazine rings is 1. The summed E-state index contributed by atoms with van der Waals surface area (Å²) in [5, 5.41) is 5.29. The second-order valence-corrected chi connectivity index (χ2v) is 8.80. The fraction of sp³-hybridized carbons (Fsp3) is 0.241. The number of fused-ring (bicyclic) bond motifs is 1. The molecule has 1 saturated heterocycles. The van der Waals surface area contributed by atoms with Crippen LogP contribution < -0.4 is 15.0 Å².